The van der Waals surface area contributed by atoms with Gasteiger partial charge < -0.3 is 19.2 Å². The normalized spacial score (nSPS) is 18.0. The van der Waals surface area contributed by atoms with Crippen LogP contribution in [0.4, 0.5) is 0 Å². The second-order valence-electron chi connectivity index (χ2n) is 6.17. The van der Waals surface area contributed by atoms with E-state index in [1.54, 1.807) is 27.7 Å². The number of ether oxygens (including phenoxy) is 3. The van der Waals surface area contributed by atoms with Crippen molar-refractivity contribution >= 4 is 11.9 Å². The van der Waals surface area contributed by atoms with Crippen LogP contribution in [0.1, 0.15) is 65.2 Å². The van der Waals surface area contributed by atoms with Gasteiger partial charge in [-0.25, -0.2) is 9.59 Å². The van der Waals surface area contributed by atoms with E-state index in [1.807, 2.05) is 0 Å². The second-order valence-corrected chi connectivity index (χ2v) is 6.17. The van der Waals surface area contributed by atoms with E-state index in [0.29, 0.717) is 29.1 Å². The van der Waals surface area contributed by atoms with Crippen LogP contribution in [0.2, 0.25) is 0 Å². The van der Waals surface area contributed by atoms with Crippen LogP contribution in [0.5, 0.6) is 0 Å². The summed E-state index contributed by atoms with van der Waals surface area (Å²) in [7, 11) is 0. The minimum atomic E-state index is -0.469. The molecule has 0 spiro atoms. The fraction of sp³-hybridized carbons (Fsp3) is 0.647. The fourth-order valence-electron chi connectivity index (χ4n) is 2.71. The van der Waals surface area contributed by atoms with Gasteiger partial charge in [-0.05, 0) is 52.5 Å². The molecule has 1 aromatic heterocycles. The molecule has 1 saturated heterocycles. The monoisotopic (exact) mass is 323 g/mol. The largest absolute Gasteiger partial charge is 0.459 e. The lowest BCUT2D eigenvalue weighted by Gasteiger charge is -2.21. The summed E-state index contributed by atoms with van der Waals surface area (Å²) in [6.45, 7) is 7.98. The average Bonchev–Trinajstić information content (AvgIpc) is 2.80. The maximum absolute atomic E-state index is 12.3. The van der Waals surface area contributed by atoms with E-state index in [9.17, 15) is 9.59 Å². The van der Waals surface area contributed by atoms with Crippen LogP contribution in [0.3, 0.4) is 0 Å². The second kappa shape index (κ2) is 7.64. The van der Waals surface area contributed by atoms with Crippen molar-refractivity contribution in [2.24, 2.45) is 0 Å². The molecule has 1 aromatic rings. The molecule has 1 N–H and O–H groups in total. The van der Waals surface area contributed by atoms with Crippen molar-refractivity contribution < 1.29 is 23.8 Å². The molecule has 1 fully saturated rings. The first-order chi connectivity index (χ1) is 10.9. The first kappa shape index (κ1) is 17.5. The van der Waals surface area contributed by atoms with E-state index in [0.717, 1.165) is 19.3 Å². The molecule has 0 amide bonds. The van der Waals surface area contributed by atoms with Gasteiger partial charge in [0.15, 0.2) is 0 Å². The summed E-state index contributed by atoms with van der Waals surface area (Å²) in [4.78, 5) is 27.3. The summed E-state index contributed by atoms with van der Waals surface area (Å²) in [6, 6.07) is 0. The molecular formula is C17H25NO5. The Kier molecular flexibility index (Phi) is 5.82. The molecule has 23 heavy (non-hydrogen) atoms. The minimum Gasteiger partial charge on any atom is -0.459 e. The Bertz CT molecular complexity index is 570. The number of carbonyl (C=O) groups is 2. The third-order valence-corrected chi connectivity index (χ3v) is 3.86. The molecule has 0 saturated carbocycles. The third kappa shape index (κ3) is 4.34. The molecule has 0 aliphatic carbocycles. The number of aromatic amines is 1. The molecule has 2 rings (SSSR count). The minimum absolute atomic E-state index is 0.0329. The molecule has 1 aliphatic heterocycles. The van der Waals surface area contributed by atoms with Crippen LogP contribution in [-0.4, -0.2) is 42.3 Å². The zero-order valence-electron chi connectivity index (χ0n) is 14.2. The quantitative estimate of drug-likeness (QED) is 0.843. The van der Waals surface area contributed by atoms with Gasteiger partial charge in [-0.1, -0.05) is 0 Å². The Morgan fingerprint density at radius 3 is 2.61 bits per heavy atom. The smallest absolute Gasteiger partial charge is 0.355 e. The van der Waals surface area contributed by atoms with E-state index in [1.165, 1.54) is 0 Å². The maximum atomic E-state index is 12.3. The van der Waals surface area contributed by atoms with E-state index in [4.69, 9.17) is 14.2 Å². The number of H-pyrrole nitrogens is 1. The van der Waals surface area contributed by atoms with Crippen LogP contribution in [0, 0.1) is 13.8 Å². The van der Waals surface area contributed by atoms with Gasteiger partial charge >= 0.3 is 11.9 Å². The highest BCUT2D eigenvalue weighted by atomic mass is 16.6. The maximum Gasteiger partial charge on any atom is 0.355 e. The Morgan fingerprint density at radius 2 is 2.00 bits per heavy atom. The zero-order valence-corrected chi connectivity index (χ0v) is 14.2. The molecule has 6 heteroatoms. The van der Waals surface area contributed by atoms with Crippen molar-refractivity contribution in [3.8, 4) is 0 Å². The summed E-state index contributed by atoms with van der Waals surface area (Å²) in [5.74, 6) is -0.899. The molecule has 128 valence electrons. The van der Waals surface area contributed by atoms with Crippen LogP contribution in [0.15, 0.2) is 0 Å². The molecule has 2 heterocycles. The number of nitrogens with one attached hydrogen (secondary N) is 1. The Morgan fingerprint density at radius 1 is 1.26 bits per heavy atom. The Hall–Kier alpha value is -1.82. The fourth-order valence-corrected chi connectivity index (χ4v) is 2.71. The number of hydrogen-bond donors (Lipinski definition) is 1. The molecule has 0 aromatic carbocycles. The highest BCUT2D eigenvalue weighted by Gasteiger charge is 2.25. The molecule has 6 nitrogen and oxygen atoms in total. The van der Waals surface area contributed by atoms with Crippen molar-refractivity contribution in [2.75, 3.05) is 13.2 Å². The highest BCUT2D eigenvalue weighted by Crippen LogP contribution is 2.21. The standard InChI is InChI=1S/C17H25NO5/c1-10(2)23-16(19)14-11(3)15(18-12(14)4)17(20)22-9-13-7-5-6-8-21-13/h10,13,18H,5-9H2,1-4H3/t13-/m0/s1. The number of hydrogen-bond acceptors (Lipinski definition) is 5. The summed E-state index contributed by atoms with van der Waals surface area (Å²) >= 11 is 0. The van der Waals surface area contributed by atoms with Gasteiger partial charge in [0.05, 0.1) is 17.8 Å². The molecule has 1 aliphatic rings. The predicted molar refractivity (Wildman–Crippen MR) is 84.7 cm³/mol. The molecule has 0 radical (unpaired) electrons. The number of rotatable bonds is 5. The summed E-state index contributed by atoms with van der Waals surface area (Å²) < 4.78 is 16.1. The van der Waals surface area contributed by atoms with Crippen molar-refractivity contribution in [1.29, 1.82) is 0 Å². The third-order valence-electron chi connectivity index (χ3n) is 3.86. The van der Waals surface area contributed by atoms with Gasteiger partial charge in [0.1, 0.15) is 12.3 Å². The van der Waals surface area contributed by atoms with Crippen molar-refractivity contribution in [3.63, 3.8) is 0 Å². The zero-order chi connectivity index (χ0) is 17.0. The van der Waals surface area contributed by atoms with Crippen LogP contribution < -0.4 is 0 Å². The van der Waals surface area contributed by atoms with Crippen molar-refractivity contribution in [3.05, 3.63) is 22.5 Å². The van der Waals surface area contributed by atoms with Gasteiger partial charge in [0.2, 0.25) is 0 Å². The lowest BCUT2D eigenvalue weighted by molar-refractivity contribution is -0.0302. The van der Waals surface area contributed by atoms with Gasteiger partial charge in [0.25, 0.3) is 0 Å². The van der Waals surface area contributed by atoms with E-state index in [-0.39, 0.29) is 18.8 Å². The lowest BCUT2D eigenvalue weighted by Crippen LogP contribution is -2.26. The van der Waals surface area contributed by atoms with Crippen molar-refractivity contribution in [2.45, 2.75) is 59.2 Å². The van der Waals surface area contributed by atoms with Gasteiger partial charge in [0, 0.05) is 12.3 Å². The van der Waals surface area contributed by atoms with Gasteiger partial charge in [-0.3, -0.25) is 0 Å². The van der Waals surface area contributed by atoms with E-state index in [2.05, 4.69) is 4.98 Å². The predicted octanol–water partition coefficient (Wildman–Crippen LogP) is 2.92. The summed E-state index contributed by atoms with van der Waals surface area (Å²) in [6.07, 6.45) is 2.81. The molecule has 0 unspecified atom stereocenters. The van der Waals surface area contributed by atoms with Gasteiger partial charge in [-0.15, -0.1) is 0 Å². The summed E-state index contributed by atoms with van der Waals surface area (Å²) in [5.41, 5.74) is 1.87. The topological polar surface area (TPSA) is 77.6 Å². The summed E-state index contributed by atoms with van der Waals surface area (Å²) in [5, 5.41) is 0. The molecular weight excluding hydrogens is 298 g/mol. The highest BCUT2D eigenvalue weighted by molar-refractivity contribution is 5.98. The SMILES string of the molecule is Cc1[nH]c(C(=O)OC[C@@H]2CCCCO2)c(C)c1C(=O)OC(C)C. The first-order valence-electron chi connectivity index (χ1n) is 8.09. The molecule has 0 bridgehead atoms. The average molecular weight is 323 g/mol. The Labute approximate surface area is 136 Å². The van der Waals surface area contributed by atoms with Gasteiger partial charge in [-0.2, -0.15) is 0 Å². The van der Waals surface area contributed by atoms with Crippen LogP contribution in [-0.2, 0) is 14.2 Å². The number of aromatic nitrogens is 1. The van der Waals surface area contributed by atoms with Crippen molar-refractivity contribution in [1.82, 2.24) is 4.98 Å². The number of esters is 2. The molecule has 1 atom stereocenters. The Balaban J connectivity index is 2.04. The first-order valence-corrected chi connectivity index (χ1v) is 8.09. The van der Waals surface area contributed by atoms with Crippen LogP contribution >= 0.6 is 0 Å². The number of aryl methyl sites for hydroxylation is 1. The van der Waals surface area contributed by atoms with Crippen LogP contribution in [0.25, 0.3) is 0 Å². The van der Waals surface area contributed by atoms with E-state index < -0.39 is 11.9 Å². The lowest BCUT2D eigenvalue weighted by atomic mass is 10.1. The number of carbonyl (C=O) groups excluding carboxylic acids is 2. The van der Waals surface area contributed by atoms with E-state index >= 15 is 0 Å².